The van der Waals surface area contributed by atoms with E-state index >= 15 is 0 Å². The van der Waals surface area contributed by atoms with Gasteiger partial charge in [0.15, 0.2) is 0 Å². The van der Waals surface area contributed by atoms with Crippen molar-refractivity contribution in [3.63, 3.8) is 0 Å². The summed E-state index contributed by atoms with van der Waals surface area (Å²) < 4.78 is 5.45. The van der Waals surface area contributed by atoms with Gasteiger partial charge in [-0.1, -0.05) is 23.7 Å². The third-order valence-corrected chi connectivity index (χ3v) is 3.50. The molecular weight excluding hydrogens is 302 g/mol. The standard InChI is InChI=1S/C17H26ClNO3/c1-13-7-8-14(11-15(13)18)12-19(9-5-6-10-20)16(21)22-17(2,3)4/h7-8,11,20H,5-6,9-10,12H2,1-4H3. The third-order valence-electron chi connectivity index (χ3n) is 3.10. The van der Waals surface area contributed by atoms with Crippen LogP contribution in [-0.4, -0.2) is 34.9 Å². The largest absolute Gasteiger partial charge is 0.444 e. The summed E-state index contributed by atoms with van der Waals surface area (Å²) in [4.78, 5) is 14.0. The van der Waals surface area contributed by atoms with Crippen molar-refractivity contribution in [3.8, 4) is 0 Å². The normalized spacial score (nSPS) is 11.4. The van der Waals surface area contributed by atoms with Crippen molar-refractivity contribution in [1.82, 2.24) is 4.90 Å². The van der Waals surface area contributed by atoms with Gasteiger partial charge in [-0.3, -0.25) is 0 Å². The van der Waals surface area contributed by atoms with Gasteiger partial charge in [-0.15, -0.1) is 0 Å². The highest BCUT2D eigenvalue weighted by molar-refractivity contribution is 6.31. The lowest BCUT2D eigenvalue weighted by Crippen LogP contribution is -2.37. The van der Waals surface area contributed by atoms with Gasteiger partial charge in [0.2, 0.25) is 0 Å². The molecule has 0 aliphatic rings. The maximum Gasteiger partial charge on any atom is 0.410 e. The van der Waals surface area contributed by atoms with Crippen LogP contribution in [0.3, 0.4) is 0 Å². The Morgan fingerprint density at radius 3 is 2.55 bits per heavy atom. The van der Waals surface area contributed by atoms with E-state index in [0.717, 1.165) is 17.5 Å². The molecule has 1 N–H and O–H groups in total. The molecule has 1 aromatic carbocycles. The zero-order valence-electron chi connectivity index (χ0n) is 13.9. The topological polar surface area (TPSA) is 49.8 Å². The lowest BCUT2D eigenvalue weighted by atomic mass is 10.1. The summed E-state index contributed by atoms with van der Waals surface area (Å²) in [7, 11) is 0. The summed E-state index contributed by atoms with van der Waals surface area (Å²) in [6, 6.07) is 5.78. The molecule has 0 radical (unpaired) electrons. The van der Waals surface area contributed by atoms with Crippen LogP contribution in [-0.2, 0) is 11.3 Å². The Kier molecular flexibility index (Phi) is 7.17. The SMILES string of the molecule is Cc1ccc(CN(CCCCO)C(=O)OC(C)(C)C)cc1Cl. The van der Waals surface area contributed by atoms with Crippen molar-refractivity contribution >= 4 is 17.7 Å². The number of hydrogen-bond acceptors (Lipinski definition) is 3. The van der Waals surface area contributed by atoms with Crippen LogP contribution in [0.15, 0.2) is 18.2 Å². The summed E-state index contributed by atoms with van der Waals surface area (Å²) >= 11 is 6.14. The van der Waals surface area contributed by atoms with Gasteiger partial charge < -0.3 is 14.7 Å². The number of aryl methyl sites for hydroxylation is 1. The number of rotatable bonds is 6. The second kappa shape index (κ2) is 8.39. The molecule has 1 rings (SSSR count). The van der Waals surface area contributed by atoms with Crippen LogP contribution in [0.1, 0.15) is 44.7 Å². The van der Waals surface area contributed by atoms with E-state index < -0.39 is 5.60 Å². The number of unbranched alkanes of at least 4 members (excludes halogenated alkanes) is 1. The summed E-state index contributed by atoms with van der Waals surface area (Å²) in [5.41, 5.74) is 1.44. The molecule has 22 heavy (non-hydrogen) atoms. The number of ether oxygens (including phenoxy) is 1. The lowest BCUT2D eigenvalue weighted by molar-refractivity contribution is 0.0228. The molecule has 1 amide bonds. The van der Waals surface area contributed by atoms with Crippen molar-refractivity contribution in [1.29, 1.82) is 0 Å². The van der Waals surface area contributed by atoms with E-state index in [9.17, 15) is 4.79 Å². The van der Waals surface area contributed by atoms with Gasteiger partial charge in [-0.05, 0) is 57.7 Å². The van der Waals surface area contributed by atoms with Gasteiger partial charge in [0.05, 0.1) is 0 Å². The molecule has 0 saturated carbocycles. The summed E-state index contributed by atoms with van der Waals surface area (Å²) in [6.07, 6.45) is 1.05. The molecule has 1 aromatic rings. The first kappa shape index (κ1) is 18.8. The molecule has 0 unspecified atom stereocenters. The van der Waals surface area contributed by atoms with Crippen LogP contribution in [0.4, 0.5) is 4.79 Å². The highest BCUT2D eigenvalue weighted by Gasteiger charge is 2.22. The maximum atomic E-state index is 12.3. The molecule has 0 aromatic heterocycles. The van der Waals surface area contributed by atoms with E-state index in [1.807, 2.05) is 45.9 Å². The van der Waals surface area contributed by atoms with Crippen LogP contribution in [0.2, 0.25) is 5.02 Å². The quantitative estimate of drug-likeness (QED) is 0.798. The fraction of sp³-hybridized carbons (Fsp3) is 0.588. The predicted octanol–water partition coefficient (Wildman–Crippen LogP) is 4.16. The van der Waals surface area contributed by atoms with E-state index in [0.29, 0.717) is 24.5 Å². The van der Waals surface area contributed by atoms with Crippen molar-refractivity contribution < 1.29 is 14.6 Å². The van der Waals surface area contributed by atoms with Crippen molar-refractivity contribution in [2.45, 2.75) is 52.7 Å². The van der Waals surface area contributed by atoms with Crippen LogP contribution in [0.5, 0.6) is 0 Å². The van der Waals surface area contributed by atoms with Gasteiger partial charge in [0.25, 0.3) is 0 Å². The Balaban J connectivity index is 2.80. The fourth-order valence-electron chi connectivity index (χ4n) is 1.93. The second-order valence-corrected chi connectivity index (χ2v) is 6.82. The molecule has 0 atom stereocenters. The number of halogens is 1. The van der Waals surface area contributed by atoms with Gasteiger partial charge in [-0.25, -0.2) is 4.79 Å². The molecule has 0 aliphatic carbocycles. The van der Waals surface area contributed by atoms with E-state index in [-0.39, 0.29) is 12.7 Å². The molecule has 0 bridgehead atoms. The number of hydrogen-bond donors (Lipinski definition) is 1. The minimum absolute atomic E-state index is 0.124. The first-order chi connectivity index (χ1) is 10.2. The van der Waals surface area contributed by atoms with Crippen molar-refractivity contribution in [3.05, 3.63) is 34.3 Å². The zero-order chi connectivity index (χ0) is 16.8. The summed E-state index contributed by atoms with van der Waals surface area (Å²) in [5, 5.41) is 9.60. The lowest BCUT2D eigenvalue weighted by Gasteiger charge is -2.27. The monoisotopic (exact) mass is 327 g/mol. The highest BCUT2D eigenvalue weighted by Crippen LogP contribution is 2.19. The zero-order valence-corrected chi connectivity index (χ0v) is 14.6. The minimum atomic E-state index is -0.531. The minimum Gasteiger partial charge on any atom is -0.444 e. The molecule has 4 nitrogen and oxygen atoms in total. The van der Waals surface area contributed by atoms with E-state index in [2.05, 4.69) is 0 Å². The Morgan fingerprint density at radius 2 is 2.00 bits per heavy atom. The fourth-order valence-corrected chi connectivity index (χ4v) is 2.13. The van der Waals surface area contributed by atoms with E-state index in [1.165, 1.54) is 0 Å². The average Bonchev–Trinajstić information content (AvgIpc) is 2.40. The predicted molar refractivity (Wildman–Crippen MR) is 89.2 cm³/mol. The second-order valence-electron chi connectivity index (χ2n) is 6.42. The Morgan fingerprint density at radius 1 is 1.32 bits per heavy atom. The molecule has 5 heteroatoms. The van der Waals surface area contributed by atoms with E-state index in [1.54, 1.807) is 4.90 Å². The van der Waals surface area contributed by atoms with Gasteiger partial charge in [-0.2, -0.15) is 0 Å². The summed E-state index contributed by atoms with van der Waals surface area (Å²) in [5.74, 6) is 0. The maximum absolute atomic E-state index is 12.3. The molecule has 0 heterocycles. The number of benzene rings is 1. The van der Waals surface area contributed by atoms with Gasteiger partial charge >= 0.3 is 6.09 Å². The Bertz CT molecular complexity index is 497. The number of carbonyl (C=O) groups is 1. The summed E-state index contributed by atoms with van der Waals surface area (Å²) in [6.45, 7) is 8.59. The average molecular weight is 328 g/mol. The molecular formula is C17H26ClNO3. The first-order valence-corrected chi connectivity index (χ1v) is 7.94. The van der Waals surface area contributed by atoms with Crippen LogP contribution < -0.4 is 0 Å². The Labute approximate surface area is 138 Å². The Hall–Kier alpha value is -1.26. The van der Waals surface area contributed by atoms with Gasteiger partial charge in [0, 0.05) is 24.7 Å². The highest BCUT2D eigenvalue weighted by atomic mass is 35.5. The van der Waals surface area contributed by atoms with Crippen LogP contribution in [0, 0.1) is 6.92 Å². The molecule has 0 spiro atoms. The smallest absolute Gasteiger partial charge is 0.410 e. The molecule has 0 fully saturated rings. The number of aliphatic hydroxyl groups is 1. The number of aliphatic hydroxyl groups excluding tert-OH is 1. The van der Waals surface area contributed by atoms with Crippen LogP contribution in [0.25, 0.3) is 0 Å². The van der Waals surface area contributed by atoms with Crippen molar-refractivity contribution in [2.24, 2.45) is 0 Å². The third kappa shape index (κ3) is 6.67. The number of amides is 1. The molecule has 0 aliphatic heterocycles. The first-order valence-electron chi connectivity index (χ1n) is 7.57. The number of carbonyl (C=O) groups excluding carboxylic acids is 1. The van der Waals surface area contributed by atoms with Gasteiger partial charge in [0.1, 0.15) is 5.60 Å². The molecule has 0 saturated heterocycles. The van der Waals surface area contributed by atoms with Crippen molar-refractivity contribution in [2.75, 3.05) is 13.2 Å². The van der Waals surface area contributed by atoms with E-state index in [4.69, 9.17) is 21.4 Å². The molecule has 124 valence electrons. The van der Waals surface area contributed by atoms with Crippen LogP contribution >= 0.6 is 11.6 Å². The number of nitrogens with zero attached hydrogens (tertiary/aromatic N) is 1.